The van der Waals surface area contributed by atoms with E-state index in [0.29, 0.717) is 6.42 Å². The maximum atomic E-state index is 12.4. The fourth-order valence-electron chi connectivity index (χ4n) is 1.94. The predicted molar refractivity (Wildman–Crippen MR) is 90.7 cm³/mol. The summed E-state index contributed by atoms with van der Waals surface area (Å²) in [6.07, 6.45) is -0.823. The molecule has 3 amide bonds. The summed E-state index contributed by atoms with van der Waals surface area (Å²) in [5.74, 6) is -3.93. The molecule has 150 valence electrons. The number of nitrogens with two attached hydrogens (primary N) is 1. The molecule has 0 rings (SSSR count). The molecule has 5 atom stereocenters. The van der Waals surface area contributed by atoms with Crippen LogP contribution < -0.4 is 21.7 Å². The van der Waals surface area contributed by atoms with Gasteiger partial charge in [0.05, 0.1) is 19.3 Å². The highest BCUT2D eigenvalue weighted by Gasteiger charge is 2.31. The van der Waals surface area contributed by atoms with Crippen molar-refractivity contribution in [2.24, 2.45) is 11.7 Å². The van der Waals surface area contributed by atoms with Gasteiger partial charge in [-0.1, -0.05) is 20.3 Å². The standard InChI is InChI=1S/C15H28N4O7/c1-4-7(2)11(14(24)19-12(8(3)21)15(25)26)18-10(22)5-17-13(23)9(16)6-20/h7-9,11-12,20-21H,4-6,16H2,1-3H3,(H,17,23)(H,18,22)(H,19,24)(H,25,26). The molecule has 0 bridgehead atoms. The zero-order chi connectivity index (χ0) is 20.4. The van der Waals surface area contributed by atoms with E-state index in [9.17, 15) is 24.3 Å². The second-order valence-electron chi connectivity index (χ2n) is 6.00. The lowest BCUT2D eigenvalue weighted by molar-refractivity contribution is -0.145. The van der Waals surface area contributed by atoms with Gasteiger partial charge in [-0.3, -0.25) is 14.4 Å². The van der Waals surface area contributed by atoms with Crippen LogP contribution in [0.3, 0.4) is 0 Å². The maximum Gasteiger partial charge on any atom is 0.328 e. The molecule has 0 aliphatic rings. The van der Waals surface area contributed by atoms with Crippen molar-refractivity contribution >= 4 is 23.7 Å². The lowest BCUT2D eigenvalue weighted by atomic mass is 9.97. The minimum absolute atomic E-state index is 0.335. The van der Waals surface area contributed by atoms with Crippen LogP contribution in [0.1, 0.15) is 27.2 Å². The van der Waals surface area contributed by atoms with Crippen LogP contribution in [0, 0.1) is 5.92 Å². The number of aliphatic hydroxyl groups excluding tert-OH is 2. The number of hydrogen-bond acceptors (Lipinski definition) is 7. The predicted octanol–water partition coefficient (Wildman–Crippen LogP) is -3.10. The molecule has 5 unspecified atom stereocenters. The third-order valence-corrected chi connectivity index (χ3v) is 3.81. The van der Waals surface area contributed by atoms with Gasteiger partial charge in [0, 0.05) is 0 Å². The molecule has 0 saturated heterocycles. The van der Waals surface area contributed by atoms with E-state index in [0.717, 1.165) is 0 Å². The molecule has 0 aromatic rings. The Labute approximate surface area is 151 Å². The minimum atomic E-state index is -1.52. The zero-order valence-electron chi connectivity index (χ0n) is 15.1. The highest BCUT2D eigenvalue weighted by atomic mass is 16.4. The average molecular weight is 376 g/mol. The van der Waals surface area contributed by atoms with Crippen LogP contribution >= 0.6 is 0 Å². The van der Waals surface area contributed by atoms with Gasteiger partial charge in [-0.05, 0) is 12.8 Å². The van der Waals surface area contributed by atoms with Gasteiger partial charge in [0.15, 0.2) is 6.04 Å². The SMILES string of the molecule is CCC(C)C(NC(=O)CNC(=O)C(N)CO)C(=O)NC(C(=O)O)C(C)O. The molecule has 8 N–H and O–H groups in total. The fraction of sp³-hybridized carbons (Fsp3) is 0.733. The molecule has 0 spiro atoms. The van der Waals surface area contributed by atoms with E-state index >= 15 is 0 Å². The normalized spacial score (nSPS) is 16.5. The molecule has 0 aromatic heterocycles. The van der Waals surface area contributed by atoms with Crippen molar-refractivity contribution in [3.05, 3.63) is 0 Å². The number of carbonyl (C=O) groups is 4. The molecular formula is C15H28N4O7. The molecule has 0 heterocycles. The largest absolute Gasteiger partial charge is 0.480 e. The summed E-state index contributed by atoms with van der Waals surface area (Å²) in [7, 11) is 0. The Morgan fingerprint density at radius 1 is 1.04 bits per heavy atom. The molecule has 0 radical (unpaired) electrons. The number of aliphatic carboxylic acids is 1. The number of hydrogen-bond donors (Lipinski definition) is 7. The monoisotopic (exact) mass is 376 g/mol. The minimum Gasteiger partial charge on any atom is -0.480 e. The van der Waals surface area contributed by atoms with Crippen LogP contribution in [0.2, 0.25) is 0 Å². The topological polar surface area (TPSA) is 191 Å². The summed E-state index contributed by atoms with van der Waals surface area (Å²) in [4.78, 5) is 46.8. The number of carboxylic acid groups (broad SMARTS) is 1. The second-order valence-corrected chi connectivity index (χ2v) is 6.00. The van der Waals surface area contributed by atoms with Gasteiger partial charge in [0.25, 0.3) is 0 Å². The lowest BCUT2D eigenvalue weighted by Gasteiger charge is -2.26. The van der Waals surface area contributed by atoms with Crippen molar-refractivity contribution in [3.63, 3.8) is 0 Å². The second kappa shape index (κ2) is 11.4. The number of rotatable bonds is 11. The number of aliphatic hydroxyl groups is 2. The Kier molecular flexibility index (Phi) is 10.4. The summed E-state index contributed by atoms with van der Waals surface area (Å²) in [5.41, 5.74) is 5.30. The molecule has 0 aliphatic carbocycles. The van der Waals surface area contributed by atoms with Gasteiger partial charge in [0.1, 0.15) is 12.1 Å². The van der Waals surface area contributed by atoms with Crippen LogP contribution in [-0.2, 0) is 19.2 Å². The van der Waals surface area contributed by atoms with Gasteiger partial charge < -0.3 is 37.0 Å². The van der Waals surface area contributed by atoms with Crippen LogP contribution in [0.15, 0.2) is 0 Å². The van der Waals surface area contributed by atoms with E-state index < -0.39 is 61.1 Å². The average Bonchev–Trinajstić information content (AvgIpc) is 2.59. The molecule has 0 fully saturated rings. The summed E-state index contributed by atoms with van der Waals surface area (Å²) >= 11 is 0. The van der Waals surface area contributed by atoms with E-state index in [-0.39, 0.29) is 5.92 Å². The Bertz CT molecular complexity index is 512. The lowest BCUT2D eigenvalue weighted by Crippen LogP contribution is -2.57. The quantitative estimate of drug-likeness (QED) is 0.197. The maximum absolute atomic E-state index is 12.4. The van der Waals surface area contributed by atoms with Crippen LogP contribution in [0.4, 0.5) is 0 Å². The highest BCUT2D eigenvalue weighted by molar-refractivity contribution is 5.92. The number of carboxylic acids is 1. The van der Waals surface area contributed by atoms with E-state index in [2.05, 4.69) is 16.0 Å². The van der Waals surface area contributed by atoms with E-state index in [4.69, 9.17) is 15.9 Å². The first-order chi connectivity index (χ1) is 12.0. The van der Waals surface area contributed by atoms with Crippen molar-refractivity contribution in [1.82, 2.24) is 16.0 Å². The van der Waals surface area contributed by atoms with Gasteiger partial charge in [-0.2, -0.15) is 0 Å². The summed E-state index contributed by atoms with van der Waals surface area (Å²) in [6.45, 7) is 3.63. The summed E-state index contributed by atoms with van der Waals surface area (Å²) < 4.78 is 0. The van der Waals surface area contributed by atoms with Gasteiger partial charge in [-0.15, -0.1) is 0 Å². The Balaban J connectivity index is 4.94. The Morgan fingerprint density at radius 3 is 2.04 bits per heavy atom. The first-order valence-electron chi connectivity index (χ1n) is 8.19. The van der Waals surface area contributed by atoms with Crippen molar-refractivity contribution in [2.45, 2.75) is 51.4 Å². The number of amides is 3. The molecule has 26 heavy (non-hydrogen) atoms. The van der Waals surface area contributed by atoms with Crippen molar-refractivity contribution in [3.8, 4) is 0 Å². The van der Waals surface area contributed by atoms with Crippen molar-refractivity contribution in [2.75, 3.05) is 13.2 Å². The van der Waals surface area contributed by atoms with Crippen LogP contribution in [0.25, 0.3) is 0 Å². The third-order valence-electron chi connectivity index (χ3n) is 3.81. The number of carbonyl (C=O) groups excluding carboxylic acids is 3. The van der Waals surface area contributed by atoms with Gasteiger partial charge in [-0.25, -0.2) is 4.79 Å². The van der Waals surface area contributed by atoms with Gasteiger partial charge >= 0.3 is 5.97 Å². The molecular weight excluding hydrogens is 348 g/mol. The summed E-state index contributed by atoms with van der Waals surface area (Å²) in [5, 5.41) is 34.1. The third kappa shape index (κ3) is 7.76. The van der Waals surface area contributed by atoms with Crippen LogP contribution in [-0.4, -0.2) is 76.4 Å². The Hall–Kier alpha value is -2.24. The van der Waals surface area contributed by atoms with Crippen LogP contribution in [0.5, 0.6) is 0 Å². The molecule has 0 saturated carbocycles. The smallest absolute Gasteiger partial charge is 0.328 e. The van der Waals surface area contributed by atoms with Crippen molar-refractivity contribution < 1.29 is 34.5 Å². The fourth-order valence-corrected chi connectivity index (χ4v) is 1.94. The number of nitrogens with one attached hydrogen (secondary N) is 3. The first kappa shape index (κ1) is 23.8. The Morgan fingerprint density at radius 2 is 1.62 bits per heavy atom. The molecule has 0 aromatic carbocycles. The molecule has 0 aliphatic heterocycles. The first-order valence-corrected chi connectivity index (χ1v) is 8.19. The summed E-state index contributed by atoms with van der Waals surface area (Å²) in [6, 6.07) is -3.75. The highest BCUT2D eigenvalue weighted by Crippen LogP contribution is 2.09. The van der Waals surface area contributed by atoms with Gasteiger partial charge in [0.2, 0.25) is 17.7 Å². The molecule has 11 heteroatoms. The zero-order valence-corrected chi connectivity index (χ0v) is 15.1. The van der Waals surface area contributed by atoms with E-state index in [1.165, 1.54) is 6.92 Å². The van der Waals surface area contributed by atoms with E-state index in [1.54, 1.807) is 13.8 Å². The van der Waals surface area contributed by atoms with E-state index in [1.807, 2.05) is 0 Å². The van der Waals surface area contributed by atoms with Crippen molar-refractivity contribution in [1.29, 1.82) is 0 Å². The molecule has 11 nitrogen and oxygen atoms in total.